The van der Waals surface area contributed by atoms with E-state index >= 15 is 0 Å². The molecular weight excluding hydrogens is 230 g/mol. The Labute approximate surface area is 105 Å². The maximum atomic E-state index is 11.5. The number of rotatable bonds is 3. The molecule has 0 spiro atoms. The van der Waals surface area contributed by atoms with Gasteiger partial charge in [-0.2, -0.15) is 5.26 Å². The summed E-state index contributed by atoms with van der Waals surface area (Å²) in [5, 5.41) is 8.87. The molecular formula is C13H13N3O2. The molecule has 0 N–H and O–H groups in total. The van der Waals surface area contributed by atoms with Gasteiger partial charge in [0.1, 0.15) is 5.65 Å². The Morgan fingerprint density at radius 3 is 3.00 bits per heavy atom. The average Bonchev–Trinajstić information content (AvgIpc) is 2.80. The predicted molar refractivity (Wildman–Crippen MR) is 65.2 cm³/mol. The van der Waals surface area contributed by atoms with Crippen molar-refractivity contribution < 1.29 is 9.53 Å². The Balaban J connectivity index is 2.40. The van der Waals surface area contributed by atoms with Crippen molar-refractivity contribution in [3.63, 3.8) is 0 Å². The van der Waals surface area contributed by atoms with Crippen LogP contribution in [0.3, 0.4) is 0 Å². The van der Waals surface area contributed by atoms with E-state index in [4.69, 9.17) is 10.00 Å². The van der Waals surface area contributed by atoms with Gasteiger partial charge in [0, 0.05) is 12.4 Å². The van der Waals surface area contributed by atoms with Gasteiger partial charge >= 0.3 is 5.97 Å². The van der Waals surface area contributed by atoms with Crippen molar-refractivity contribution in [2.45, 2.75) is 19.8 Å². The molecule has 0 amide bonds. The minimum atomic E-state index is -0.434. The van der Waals surface area contributed by atoms with E-state index < -0.39 is 5.97 Å². The maximum absolute atomic E-state index is 11.5. The zero-order valence-corrected chi connectivity index (χ0v) is 10.3. The van der Waals surface area contributed by atoms with Crippen LogP contribution in [0.1, 0.15) is 35.8 Å². The summed E-state index contributed by atoms with van der Waals surface area (Å²) < 4.78 is 6.62. The number of carbonyl (C=O) groups is 1. The van der Waals surface area contributed by atoms with Crippen molar-refractivity contribution in [3.8, 4) is 6.07 Å². The first kappa shape index (κ1) is 12.1. The van der Waals surface area contributed by atoms with Gasteiger partial charge in [0.25, 0.3) is 0 Å². The van der Waals surface area contributed by atoms with Crippen LogP contribution in [-0.2, 0) is 4.74 Å². The number of aromatic nitrogens is 2. The lowest BCUT2D eigenvalue weighted by atomic mass is 10.1. The van der Waals surface area contributed by atoms with E-state index in [1.165, 1.54) is 0 Å². The first-order valence-electron chi connectivity index (χ1n) is 5.71. The van der Waals surface area contributed by atoms with E-state index in [1.54, 1.807) is 29.8 Å². The first-order valence-corrected chi connectivity index (χ1v) is 5.71. The molecule has 0 fully saturated rings. The molecule has 5 nitrogen and oxygen atoms in total. The monoisotopic (exact) mass is 243 g/mol. The van der Waals surface area contributed by atoms with Crippen LogP contribution in [0.25, 0.3) is 5.65 Å². The van der Waals surface area contributed by atoms with Crippen LogP contribution in [0.4, 0.5) is 0 Å². The van der Waals surface area contributed by atoms with Crippen LogP contribution in [0.5, 0.6) is 0 Å². The number of carbonyl (C=O) groups excluding carboxylic acids is 1. The summed E-state index contributed by atoms with van der Waals surface area (Å²) in [5.41, 5.74) is 1.82. The summed E-state index contributed by atoms with van der Waals surface area (Å²) in [7, 11) is 0. The minimum Gasteiger partial charge on any atom is -0.461 e. The van der Waals surface area contributed by atoms with E-state index in [0.29, 0.717) is 12.3 Å². The van der Waals surface area contributed by atoms with Gasteiger partial charge < -0.3 is 9.14 Å². The second-order valence-corrected chi connectivity index (χ2v) is 3.93. The third kappa shape index (κ3) is 2.18. The molecule has 0 aliphatic rings. The zero-order valence-electron chi connectivity index (χ0n) is 10.3. The molecule has 2 aromatic heterocycles. The standard InChI is InChI=1S/C13H13N3O2/c1-3-18-13(17)11-8-16-7-10(9(2)6-14)4-5-12(16)15-11/h4-5,7-9H,3H2,1-2H3. The van der Waals surface area contributed by atoms with Gasteiger partial charge in [0.15, 0.2) is 5.69 Å². The second kappa shape index (κ2) is 4.88. The van der Waals surface area contributed by atoms with Crippen LogP contribution in [-0.4, -0.2) is 22.0 Å². The van der Waals surface area contributed by atoms with Gasteiger partial charge in [-0.15, -0.1) is 0 Å². The van der Waals surface area contributed by atoms with Crippen LogP contribution < -0.4 is 0 Å². The van der Waals surface area contributed by atoms with E-state index in [9.17, 15) is 4.79 Å². The average molecular weight is 243 g/mol. The van der Waals surface area contributed by atoms with Crippen molar-refractivity contribution in [1.82, 2.24) is 9.38 Å². The van der Waals surface area contributed by atoms with Crippen LogP contribution in [0.15, 0.2) is 24.5 Å². The Hall–Kier alpha value is -2.35. The molecule has 0 aliphatic carbocycles. The fourth-order valence-corrected chi connectivity index (χ4v) is 1.64. The van der Waals surface area contributed by atoms with Crippen molar-refractivity contribution >= 4 is 11.6 Å². The van der Waals surface area contributed by atoms with Gasteiger partial charge in [-0.25, -0.2) is 9.78 Å². The lowest BCUT2D eigenvalue weighted by molar-refractivity contribution is 0.0520. The summed E-state index contributed by atoms with van der Waals surface area (Å²) in [6.07, 6.45) is 3.42. The molecule has 18 heavy (non-hydrogen) atoms. The third-order valence-electron chi connectivity index (χ3n) is 2.65. The highest BCUT2D eigenvalue weighted by atomic mass is 16.5. The molecule has 2 rings (SSSR count). The molecule has 1 unspecified atom stereocenters. The number of hydrogen-bond donors (Lipinski definition) is 0. The molecule has 0 saturated heterocycles. The number of ether oxygens (including phenoxy) is 1. The van der Waals surface area contributed by atoms with Gasteiger partial charge in [0.05, 0.1) is 18.6 Å². The molecule has 0 saturated carbocycles. The van der Waals surface area contributed by atoms with E-state index in [-0.39, 0.29) is 11.6 Å². The normalized spacial score (nSPS) is 12.1. The SMILES string of the molecule is CCOC(=O)c1cn2cc(C(C)C#N)ccc2n1. The largest absolute Gasteiger partial charge is 0.461 e. The fourth-order valence-electron chi connectivity index (χ4n) is 1.64. The van der Waals surface area contributed by atoms with Crippen LogP contribution in [0.2, 0.25) is 0 Å². The summed E-state index contributed by atoms with van der Waals surface area (Å²) in [4.78, 5) is 15.7. The number of esters is 1. The highest BCUT2D eigenvalue weighted by molar-refractivity contribution is 5.87. The van der Waals surface area contributed by atoms with Crippen molar-refractivity contribution in [2.24, 2.45) is 0 Å². The molecule has 92 valence electrons. The second-order valence-electron chi connectivity index (χ2n) is 3.93. The highest BCUT2D eigenvalue weighted by Gasteiger charge is 2.12. The smallest absolute Gasteiger partial charge is 0.358 e. The molecule has 0 aliphatic heterocycles. The van der Waals surface area contributed by atoms with E-state index in [1.807, 2.05) is 13.0 Å². The first-order chi connectivity index (χ1) is 8.65. The quantitative estimate of drug-likeness (QED) is 0.774. The number of pyridine rings is 1. The summed E-state index contributed by atoms with van der Waals surface area (Å²) in [6, 6.07) is 5.79. The number of nitriles is 1. The van der Waals surface area contributed by atoms with Crippen LogP contribution in [0, 0.1) is 11.3 Å². The number of hydrogen-bond acceptors (Lipinski definition) is 4. The lowest BCUT2D eigenvalue weighted by Gasteiger charge is -2.02. The molecule has 0 bridgehead atoms. The summed E-state index contributed by atoms with van der Waals surface area (Å²) in [6.45, 7) is 3.90. The number of imidazole rings is 1. The molecule has 5 heteroatoms. The topological polar surface area (TPSA) is 67.4 Å². The third-order valence-corrected chi connectivity index (χ3v) is 2.65. The van der Waals surface area contributed by atoms with Gasteiger partial charge in [-0.1, -0.05) is 6.07 Å². The van der Waals surface area contributed by atoms with E-state index in [2.05, 4.69) is 11.1 Å². The minimum absolute atomic E-state index is 0.192. The highest BCUT2D eigenvalue weighted by Crippen LogP contribution is 2.16. The summed E-state index contributed by atoms with van der Waals surface area (Å²) in [5.74, 6) is -0.626. The number of fused-ring (bicyclic) bond motifs is 1. The van der Waals surface area contributed by atoms with Crippen molar-refractivity contribution in [3.05, 3.63) is 35.8 Å². The Morgan fingerprint density at radius 1 is 1.56 bits per heavy atom. The van der Waals surface area contributed by atoms with Gasteiger partial charge in [0.2, 0.25) is 0 Å². The molecule has 0 radical (unpaired) electrons. The Morgan fingerprint density at radius 2 is 2.33 bits per heavy atom. The molecule has 2 aromatic rings. The Bertz CT molecular complexity index is 625. The van der Waals surface area contributed by atoms with E-state index in [0.717, 1.165) is 5.56 Å². The molecule has 1 atom stereocenters. The van der Waals surface area contributed by atoms with Gasteiger partial charge in [-0.05, 0) is 25.5 Å². The lowest BCUT2D eigenvalue weighted by Crippen LogP contribution is -2.04. The van der Waals surface area contributed by atoms with Crippen molar-refractivity contribution in [1.29, 1.82) is 5.26 Å². The maximum Gasteiger partial charge on any atom is 0.358 e. The predicted octanol–water partition coefficient (Wildman–Crippen LogP) is 2.14. The van der Waals surface area contributed by atoms with Crippen LogP contribution >= 0.6 is 0 Å². The fraction of sp³-hybridized carbons (Fsp3) is 0.308. The molecule has 0 aromatic carbocycles. The van der Waals surface area contributed by atoms with Crippen molar-refractivity contribution in [2.75, 3.05) is 6.61 Å². The number of nitrogens with zero attached hydrogens (tertiary/aromatic N) is 3. The Kier molecular flexibility index (Phi) is 3.28. The zero-order chi connectivity index (χ0) is 13.1. The molecule has 2 heterocycles. The summed E-state index contributed by atoms with van der Waals surface area (Å²) >= 11 is 0. The van der Waals surface area contributed by atoms with Gasteiger partial charge in [-0.3, -0.25) is 0 Å².